The number of nitrogens with zero attached hydrogens (tertiary/aromatic N) is 2. The topological polar surface area (TPSA) is 17.3 Å². The van der Waals surface area contributed by atoms with E-state index in [4.69, 9.17) is 6.42 Å². The summed E-state index contributed by atoms with van der Waals surface area (Å²) in [6.07, 6.45) is 18.8. The average molecular weight is 307 g/mol. The van der Waals surface area contributed by atoms with Gasteiger partial charge in [0, 0.05) is 44.5 Å². The molecule has 2 nitrogen and oxygen atoms in total. The second-order valence-corrected chi connectivity index (χ2v) is 5.05. The molecule has 1 aliphatic carbocycles. The van der Waals surface area contributed by atoms with Gasteiger partial charge in [0.1, 0.15) is 5.65 Å². The van der Waals surface area contributed by atoms with Crippen LogP contribution in [0.3, 0.4) is 0 Å². The molecule has 0 amide bonds. The first-order valence-corrected chi connectivity index (χ1v) is 7.21. The number of terminal acetylenes is 1. The van der Waals surface area contributed by atoms with E-state index in [1.807, 2.05) is 29.1 Å². The minimum Gasteiger partial charge on any atom is -0.307 e. The first-order chi connectivity index (χ1) is 9.35. The van der Waals surface area contributed by atoms with Crippen LogP contribution in [0.4, 0.5) is 0 Å². The Morgan fingerprint density at radius 2 is 2.10 bits per heavy atom. The van der Waals surface area contributed by atoms with Crippen LogP contribution in [0.25, 0.3) is 5.65 Å². The van der Waals surface area contributed by atoms with Crippen molar-refractivity contribution >= 4 is 5.65 Å². The number of hydrogen-bond acceptors (Lipinski definition) is 1. The Balaban J connectivity index is 0.000000363. The van der Waals surface area contributed by atoms with Gasteiger partial charge in [-0.05, 0) is 30.9 Å². The Kier molecular flexibility index (Phi) is 7.51. The molecule has 0 saturated heterocycles. The van der Waals surface area contributed by atoms with Crippen LogP contribution in [0.1, 0.15) is 46.0 Å². The van der Waals surface area contributed by atoms with Crippen molar-refractivity contribution in [2.75, 3.05) is 0 Å². The van der Waals surface area contributed by atoms with Crippen LogP contribution in [0, 0.1) is 18.3 Å². The Hall–Kier alpha value is -1.17. The predicted octanol–water partition coefficient (Wildman–Crippen LogP) is 4.34. The van der Waals surface area contributed by atoms with Crippen LogP contribution >= 0.6 is 0 Å². The summed E-state index contributed by atoms with van der Waals surface area (Å²) in [4.78, 5) is 4.25. The SMILES string of the molecule is C#CC1CCCCC1.CCc1cccn2ccnc12.[HH].[V]. The first kappa shape index (κ1) is 16.9. The molecule has 0 unspecified atom stereocenters. The van der Waals surface area contributed by atoms with Crippen LogP contribution in [0.5, 0.6) is 0 Å². The third-order valence-electron chi connectivity index (χ3n) is 3.72. The van der Waals surface area contributed by atoms with Gasteiger partial charge in [-0.3, -0.25) is 0 Å². The van der Waals surface area contributed by atoms with Crippen LogP contribution < -0.4 is 0 Å². The second kappa shape index (κ2) is 8.90. The molecule has 3 rings (SSSR count). The van der Waals surface area contributed by atoms with Crippen molar-refractivity contribution < 1.29 is 20.0 Å². The second-order valence-electron chi connectivity index (χ2n) is 5.05. The van der Waals surface area contributed by atoms with Crippen molar-refractivity contribution in [3.63, 3.8) is 0 Å². The molecule has 1 saturated carbocycles. The summed E-state index contributed by atoms with van der Waals surface area (Å²) in [7, 11) is 0. The molecule has 0 aliphatic heterocycles. The Morgan fingerprint density at radius 3 is 2.70 bits per heavy atom. The third kappa shape index (κ3) is 4.44. The molecule has 2 aromatic heterocycles. The molecule has 0 bridgehead atoms. The molecule has 3 heteroatoms. The number of rotatable bonds is 1. The minimum atomic E-state index is 0. The maximum absolute atomic E-state index is 5.25. The van der Waals surface area contributed by atoms with E-state index < -0.39 is 0 Å². The minimum absolute atomic E-state index is 0. The molecule has 1 aliphatic rings. The zero-order valence-corrected chi connectivity index (χ0v) is 13.5. The van der Waals surface area contributed by atoms with Gasteiger partial charge in [-0.25, -0.2) is 4.98 Å². The molecule has 20 heavy (non-hydrogen) atoms. The Morgan fingerprint density at radius 1 is 1.35 bits per heavy atom. The molecule has 2 heterocycles. The van der Waals surface area contributed by atoms with E-state index in [2.05, 4.69) is 23.9 Å². The van der Waals surface area contributed by atoms with E-state index >= 15 is 0 Å². The summed E-state index contributed by atoms with van der Waals surface area (Å²) < 4.78 is 2.04. The van der Waals surface area contributed by atoms with Crippen molar-refractivity contribution in [1.82, 2.24) is 9.38 Å². The molecule has 0 spiro atoms. The van der Waals surface area contributed by atoms with Crippen molar-refractivity contribution in [2.24, 2.45) is 5.92 Å². The summed E-state index contributed by atoms with van der Waals surface area (Å²) in [5, 5.41) is 0. The van der Waals surface area contributed by atoms with Crippen LogP contribution in [0.15, 0.2) is 30.7 Å². The van der Waals surface area contributed by atoms with Gasteiger partial charge in [0.15, 0.2) is 0 Å². The number of hydrogen-bond donors (Lipinski definition) is 0. The summed E-state index contributed by atoms with van der Waals surface area (Å²) in [6, 6.07) is 4.16. The molecule has 0 aromatic carbocycles. The van der Waals surface area contributed by atoms with E-state index in [1.165, 1.54) is 37.7 Å². The molecular formula is C17H24N2V. The fourth-order valence-corrected chi connectivity index (χ4v) is 2.55. The van der Waals surface area contributed by atoms with Gasteiger partial charge < -0.3 is 4.40 Å². The molecule has 0 atom stereocenters. The number of imidazole rings is 1. The van der Waals surface area contributed by atoms with E-state index in [1.54, 1.807) is 0 Å². The van der Waals surface area contributed by atoms with Crippen molar-refractivity contribution in [1.29, 1.82) is 0 Å². The van der Waals surface area contributed by atoms with Gasteiger partial charge in [-0.1, -0.05) is 32.3 Å². The predicted molar refractivity (Wildman–Crippen MR) is 82.1 cm³/mol. The molecule has 2 aromatic rings. The van der Waals surface area contributed by atoms with E-state index in [0.29, 0.717) is 5.92 Å². The van der Waals surface area contributed by atoms with E-state index in [0.717, 1.165) is 12.1 Å². The monoisotopic (exact) mass is 307 g/mol. The zero-order valence-electron chi connectivity index (χ0n) is 12.1. The standard InChI is InChI=1S/C9H10N2.C8H12.V.H2/c1-2-8-4-3-6-11-7-5-10-9(8)11;1-2-8-6-4-3-5-7-8;;/h3-7H,2H2,1H3;1,8H,3-7H2;;1H. The largest absolute Gasteiger partial charge is 0.307 e. The van der Waals surface area contributed by atoms with E-state index in [-0.39, 0.29) is 20.0 Å². The summed E-state index contributed by atoms with van der Waals surface area (Å²) in [6.45, 7) is 2.14. The first-order valence-electron chi connectivity index (χ1n) is 7.21. The fraction of sp³-hybridized carbons (Fsp3) is 0.471. The fourth-order valence-electron chi connectivity index (χ4n) is 2.55. The maximum Gasteiger partial charge on any atom is 0.139 e. The van der Waals surface area contributed by atoms with Gasteiger partial charge in [0.2, 0.25) is 0 Å². The van der Waals surface area contributed by atoms with E-state index in [9.17, 15) is 0 Å². The van der Waals surface area contributed by atoms with Gasteiger partial charge in [0.05, 0.1) is 0 Å². The zero-order chi connectivity index (χ0) is 13.5. The quantitative estimate of drug-likeness (QED) is 0.716. The van der Waals surface area contributed by atoms with Crippen LogP contribution in [0.2, 0.25) is 0 Å². The van der Waals surface area contributed by atoms with Gasteiger partial charge in [-0.2, -0.15) is 0 Å². The molecule has 0 N–H and O–H groups in total. The van der Waals surface area contributed by atoms with Gasteiger partial charge in [0.25, 0.3) is 0 Å². The number of fused-ring (bicyclic) bond motifs is 1. The number of aromatic nitrogens is 2. The molecule has 107 valence electrons. The van der Waals surface area contributed by atoms with Crippen molar-refractivity contribution in [3.05, 3.63) is 36.3 Å². The van der Waals surface area contributed by atoms with Crippen LogP contribution in [-0.4, -0.2) is 9.38 Å². The van der Waals surface area contributed by atoms with Crippen LogP contribution in [-0.2, 0) is 25.0 Å². The maximum atomic E-state index is 5.25. The normalized spacial score (nSPS) is 14.8. The molecule has 1 radical (unpaired) electrons. The number of pyridine rings is 1. The van der Waals surface area contributed by atoms with Crippen molar-refractivity contribution in [3.8, 4) is 12.3 Å². The summed E-state index contributed by atoms with van der Waals surface area (Å²) in [5.74, 6) is 3.42. The van der Waals surface area contributed by atoms with Gasteiger partial charge >= 0.3 is 0 Å². The summed E-state index contributed by atoms with van der Waals surface area (Å²) >= 11 is 0. The Bertz CT molecular complexity index is 553. The summed E-state index contributed by atoms with van der Waals surface area (Å²) in [5.41, 5.74) is 2.38. The van der Waals surface area contributed by atoms with Crippen molar-refractivity contribution in [2.45, 2.75) is 45.4 Å². The smallest absolute Gasteiger partial charge is 0.139 e. The molecular weight excluding hydrogens is 283 g/mol. The molecule has 1 fully saturated rings. The number of aryl methyl sites for hydroxylation is 1. The average Bonchev–Trinajstić information content (AvgIpc) is 2.97. The third-order valence-corrected chi connectivity index (χ3v) is 3.72. The van der Waals surface area contributed by atoms with Gasteiger partial charge in [-0.15, -0.1) is 12.3 Å². The Labute approximate surface area is 135 Å².